The molecule has 0 aromatic heterocycles. The summed E-state index contributed by atoms with van der Waals surface area (Å²) >= 11 is 0. The van der Waals surface area contributed by atoms with Gasteiger partial charge in [0.2, 0.25) is 0 Å². The van der Waals surface area contributed by atoms with Gasteiger partial charge in [0, 0.05) is 0 Å². The maximum absolute atomic E-state index is 9.34. The van der Waals surface area contributed by atoms with Crippen LogP contribution in [-0.2, 0) is 19.3 Å². The Morgan fingerprint density at radius 1 is 1.36 bits per heavy atom. The Labute approximate surface area is 69.4 Å². The first-order chi connectivity index (χ1) is 4.36. The molecule has 0 bridgehead atoms. The van der Waals surface area contributed by atoms with E-state index in [-0.39, 0.29) is 8.41 Å². The first-order valence-electron chi connectivity index (χ1n) is 2.03. The molecule has 9 heteroatoms. The Balaban J connectivity index is -0.000000140. The number of hydrogen-bond donors (Lipinski definition) is 3. The molecule has 0 heterocycles. The first kappa shape index (κ1) is 17.2. The van der Waals surface area contributed by atoms with Gasteiger partial charge in [-0.25, -0.2) is 4.21 Å². The van der Waals surface area contributed by atoms with Gasteiger partial charge in [-0.05, 0) is 14.1 Å². The Kier molecular flexibility index (Phi) is 12.7. The second-order valence-corrected chi connectivity index (χ2v) is 4.55. The molecule has 0 aromatic rings. The van der Waals surface area contributed by atoms with Crippen LogP contribution in [-0.4, -0.2) is 44.2 Å². The van der Waals surface area contributed by atoms with E-state index in [1.165, 1.54) is 0 Å². The minimum Gasteiger partial charge on any atom is -0.323 e. The third kappa shape index (κ3) is 17.8. The summed E-state index contributed by atoms with van der Waals surface area (Å²) in [4.78, 5) is 0. The van der Waals surface area contributed by atoms with Crippen molar-refractivity contribution >= 4 is 27.7 Å². The van der Waals surface area contributed by atoms with Gasteiger partial charge in [0.25, 0.3) is 0 Å². The normalized spacial score (nSPS) is 12.0. The maximum atomic E-state index is 9.34. The lowest BCUT2D eigenvalue weighted by Crippen LogP contribution is -2.03. The van der Waals surface area contributed by atoms with E-state index in [0.29, 0.717) is 0 Å². The van der Waals surface area contributed by atoms with E-state index in [2.05, 4.69) is 5.32 Å². The minimum atomic E-state index is -4.71. The van der Waals surface area contributed by atoms with Crippen molar-refractivity contribution < 1.29 is 21.7 Å². The lowest BCUT2D eigenvalue weighted by molar-refractivity contribution is 0.488. The molecule has 11 heavy (non-hydrogen) atoms. The number of nitrogens with one attached hydrogen (secondary N) is 1. The quantitative estimate of drug-likeness (QED) is 0.192. The predicted molar refractivity (Wildman–Crippen MR) is 47.2 cm³/mol. The molecular weight excluding hydrogens is 193 g/mol. The standard InChI is InChI=1S/C2H7N.BH3.H2O5S2/c1-3-2;;1-6(2)7(3,4)5/h3H,1-2H3;1H3;(H,1,2)(H,3,4,5). The predicted octanol–water partition coefficient (Wildman–Crippen LogP) is -2.34. The second-order valence-electron chi connectivity index (χ2n) is 1.14. The van der Waals surface area contributed by atoms with Crippen molar-refractivity contribution in [2.24, 2.45) is 0 Å². The monoisotopic (exact) mass is 205 g/mol. The fourth-order valence-electron chi connectivity index (χ4n) is 0. The third-order valence-corrected chi connectivity index (χ3v) is 1.62. The molecule has 1 atom stereocenters. The first-order valence-corrected chi connectivity index (χ1v) is 5.10. The van der Waals surface area contributed by atoms with Crippen molar-refractivity contribution in [1.29, 1.82) is 0 Å². The maximum Gasteiger partial charge on any atom is 0.373 e. The summed E-state index contributed by atoms with van der Waals surface area (Å²) in [6.07, 6.45) is 0. The molecule has 0 aliphatic rings. The molecule has 0 amide bonds. The topological polar surface area (TPSA) is 104 Å². The van der Waals surface area contributed by atoms with Crippen molar-refractivity contribution in [2.75, 3.05) is 14.1 Å². The molecule has 0 aromatic carbocycles. The van der Waals surface area contributed by atoms with E-state index >= 15 is 0 Å². The molecule has 0 radical (unpaired) electrons. The van der Waals surface area contributed by atoms with E-state index in [4.69, 9.17) is 9.11 Å². The molecule has 6 nitrogen and oxygen atoms in total. The molecule has 70 valence electrons. The Morgan fingerprint density at radius 2 is 1.45 bits per heavy atom. The summed E-state index contributed by atoms with van der Waals surface area (Å²) in [6, 6.07) is 0. The van der Waals surface area contributed by atoms with Gasteiger partial charge in [-0.15, -0.1) is 0 Å². The molecular formula is C2H12BNO5S2. The molecule has 3 N–H and O–H groups in total. The highest BCUT2D eigenvalue weighted by atomic mass is 33.2. The van der Waals surface area contributed by atoms with Crippen LogP contribution in [0.3, 0.4) is 0 Å². The molecule has 0 aliphatic carbocycles. The number of rotatable bonds is 1. The van der Waals surface area contributed by atoms with Crippen LogP contribution in [0.5, 0.6) is 0 Å². The van der Waals surface area contributed by atoms with Crippen LogP contribution in [0.15, 0.2) is 0 Å². The molecule has 0 saturated carbocycles. The van der Waals surface area contributed by atoms with Crippen LogP contribution < -0.4 is 5.32 Å². The van der Waals surface area contributed by atoms with Crippen LogP contribution in [0, 0.1) is 0 Å². The van der Waals surface area contributed by atoms with E-state index < -0.39 is 19.3 Å². The summed E-state index contributed by atoms with van der Waals surface area (Å²) in [5, 5.41) is 2.75. The van der Waals surface area contributed by atoms with Gasteiger partial charge in [0.15, 0.2) is 0 Å². The summed E-state index contributed by atoms with van der Waals surface area (Å²) in [6.45, 7) is 0. The zero-order chi connectivity index (χ0) is 8.78. The van der Waals surface area contributed by atoms with Gasteiger partial charge in [-0.3, -0.25) is 9.11 Å². The van der Waals surface area contributed by atoms with Crippen LogP contribution in [0.2, 0.25) is 0 Å². The SMILES string of the molecule is B.CNC.O=S(O)S(=O)(=O)O. The summed E-state index contributed by atoms with van der Waals surface area (Å²) in [7, 11) is -4.12. The van der Waals surface area contributed by atoms with Gasteiger partial charge in [-0.1, -0.05) is 0 Å². The fourth-order valence-corrected chi connectivity index (χ4v) is 0. The van der Waals surface area contributed by atoms with Crippen molar-refractivity contribution in [1.82, 2.24) is 5.32 Å². The summed E-state index contributed by atoms with van der Waals surface area (Å²) in [5.74, 6) is 0. The Morgan fingerprint density at radius 3 is 1.45 bits per heavy atom. The Bertz CT molecular complexity index is 189. The Hall–Kier alpha value is 0.0449. The zero-order valence-electron chi connectivity index (χ0n) is 5.44. The molecule has 1 unspecified atom stereocenters. The van der Waals surface area contributed by atoms with Crippen molar-refractivity contribution in [3.63, 3.8) is 0 Å². The van der Waals surface area contributed by atoms with Gasteiger partial charge in [0.05, 0.1) is 8.41 Å². The van der Waals surface area contributed by atoms with E-state index in [1.807, 2.05) is 14.1 Å². The highest BCUT2D eigenvalue weighted by molar-refractivity contribution is 8.59. The lowest BCUT2D eigenvalue weighted by Gasteiger charge is -1.80. The molecule has 0 saturated heterocycles. The molecule has 0 aliphatic heterocycles. The van der Waals surface area contributed by atoms with Gasteiger partial charge in [-0.2, -0.15) is 8.42 Å². The van der Waals surface area contributed by atoms with Crippen LogP contribution in [0.1, 0.15) is 0 Å². The molecule has 0 spiro atoms. The highest BCUT2D eigenvalue weighted by Crippen LogP contribution is 1.83. The molecule has 0 fully saturated rings. The highest BCUT2D eigenvalue weighted by Gasteiger charge is 2.10. The van der Waals surface area contributed by atoms with Crippen molar-refractivity contribution in [2.45, 2.75) is 0 Å². The van der Waals surface area contributed by atoms with Crippen LogP contribution >= 0.6 is 0 Å². The average molecular weight is 205 g/mol. The van der Waals surface area contributed by atoms with Gasteiger partial charge < -0.3 is 5.32 Å². The van der Waals surface area contributed by atoms with Crippen LogP contribution in [0.4, 0.5) is 0 Å². The third-order valence-electron chi connectivity index (χ3n) is 0.180. The summed E-state index contributed by atoms with van der Waals surface area (Å²) in [5.41, 5.74) is 0. The minimum absolute atomic E-state index is 0. The van der Waals surface area contributed by atoms with Crippen molar-refractivity contribution in [3.8, 4) is 0 Å². The van der Waals surface area contributed by atoms with E-state index in [1.54, 1.807) is 0 Å². The number of hydrogen-bond acceptors (Lipinski definition) is 4. The lowest BCUT2D eigenvalue weighted by atomic mass is 10.8. The second kappa shape index (κ2) is 8.14. The summed E-state index contributed by atoms with van der Waals surface area (Å²) < 4.78 is 43.0. The zero-order valence-corrected chi connectivity index (χ0v) is 7.07. The molecule has 0 rings (SSSR count). The average Bonchev–Trinajstić information content (AvgIpc) is 1.64. The largest absolute Gasteiger partial charge is 0.373 e. The smallest absolute Gasteiger partial charge is 0.323 e. The van der Waals surface area contributed by atoms with E-state index in [9.17, 15) is 12.6 Å². The van der Waals surface area contributed by atoms with Crippen LogP contribution in [0.25, 0.3) is 0 Å². The van der Waals surface area contributed by atoms with E-state index in [0.717, 1.165) is 0 Å². The van der Waals surface area contributed by atoms with Gasteiger partial charge >= 0.3 is 19.3 Å². The van der Waals surface area contributed by atoms with Crippen molar-refractivity contribution in [3.05, 3.63) is 0 Å². The fraction of sp³-hybridized carbons (Fsp3) is 1.00. The van der Waals surface area contributed by atoms with Gasteiger partial charge in [0.1, 0.15) is 0 Å².